The molecule has 6 nitrogen and oxygen atoms in total. The molecule has 2 N–H and O–H groups in total. The van der Waals surface area contributed by atoms with Gasteiger partial charge in [0.15, 0.2) is 5.65 Å². The van der Waals surface area contributed by atoms with Gasteiger partial charge in [-0.3, -0.25) is 0 Å². The van der Waals surface area contributed by atoms with Gasteiger partial charge in [0.1, 0.15) is 12.1 Å². The first kappa shape index (κ1) is 15.1. The highest BCUT2D eigenvalue weighted by atomic mass is 16.3. The van der Waals surface area contributed by atoms with E-state index in [0.29, 0.717) is 12.5 Å². The number of benzene rings is 1. The predicted octanol–water partition coefficient (Wildman–Crippen LogP) is 2.78. The Morgan fingerprint density at radius 1 is 1.17 bits per heavy atom. The topological polar surface area (TPSA) is 75.9 Å². The van der Waals surface area contributed by atoms with Crippen molar-refractivity contribution in [3.05, 3.63) is 42.9 Å². The maximum Gasteiger partial charge on any atom is 0.168 e. The number of nitrogens with zero attached hydrogens (tertiary/aromatic N) is 4. The fourth-order valence-corrected chi connectivity index (χ4v) is 3.45. The average molecular weight is 323 g/mol. The van der Waals surface area contributed by atoms with Crippen LogP contribution in [0.15, 0.2) is 42.9 Å². The lowest BCUT2D eigenvalue weighted by Crippen LogP contribution is -2.27. The zero-order chi connectivity index (χ0) is 16.4. The van der Waals surface area contributed by atoms with E-state index < -0.39 is 0 Å². The third-order valence-electron chi connectivity index (χ3n) is 4.79. The fraction of sp³-hybridized carbons (Fsp3) is 0.389. The molecular weight excluding hydrogens is 302 g/mol. The van der Waals surface area contributed by atoms with E-state index in [2.05, 4.69) is 20.4 Å². The molecule has 1 saturated carbocycles. The fourth-order valence-electron chi connectivity index (χ4n) is 3.45. The van der Waals surface area contributed by atoms with Gasteiger partial charge in [0.05, 0.1) is 23.4 Å². The molecule has 24 heavy (non-hydrogen) atoms. The molecule has 0 amide bonds. The van der Waals surface area contributed by atoms with Crippen LogP contribution in [0.3, 0.4) is 0 Å². The second kappa shape index (κ2) is 6.57. The highest BCUT2D eigenvalue weighted by Crippen LogP contribution is 2.28. The van der Waals surface area contributed by atoms with E-state index in [1.807, 2.05) is 30.3 Å². The van der Waals surface area contributed by atoms with Crippen molar-refractivity contribution in [1.29, 1.82) is 0 Å². The van der Waals surface area contributed by atoms with Crippen molar-refractivity contribution in [2.24, 2.45) is 5.92 Å². The molecule has 2 heterocycles. The Morgan fingerprint density at radius 2 is 1.96 bits per heavy atom. The summed E-state index contributed by atoms with van der Waals surface area (Å²) in [7, 11) is 0. The Morgan fingerprint density at radius 3 is 2.75 bits per heavy atom. The molecular formula is C18H21N5O. The first-order valence-electron chi connectivity index (χ1n) is 8.49. The summed E-state index contributed by atoms with van der Waals surface area (Å²) in [5.41, 5.74) is 1.72. The van der Waals surface area contributed by atoms with Gasteiger partial charge in [0.2, 0.25) is 0 Å². The molecule has 0 aliphatic heterocycles. The molecule has 1 aliphatic rings. The Kier molecular flexibility index (Phi) is 4.13. The molecule has 1 unspecified atom stereocenters. The first-order chi connectivity index (χ1) is 11.8. The highest BCUT2D eigenvalue weighted by Gasteiger charge is 2.23. The lowest BCUT2D eigenvalue weighted by atomic mass is 10.0. The van der Waals surface area contributed by atoms with E-state index in [-0.39, 0.29) is 6.10 Å². The van der Waals surface area contributed by atoms with Crippen molar-refractivity contribution in [3.63, 3.8) is 0 Å². The largest absolute Gasteiger partial charge is 0.391 e. The van der Waals surface area contributed by atoms with Gasteiger partial charge in [-0.2, -0.15) is 5.10 Å². The smallest absolute Gasteiger partial charge is 0.168 e. The molecule has 4 rings (SSSR count). The molecule has 1 atom stereocenters. The van der Waals surface area contributed by atoms with E-state index in [1.165, 1.54) is 19.2 Å². The summed E-state index contributed by atoms with van der Waals surface area (Å²) >= 11 is 0. The molecule has 124 valence electrons. The monoisotopic (exact) mass is 323 g/mol. The molecule has 1 aliphatic carbocycles. The maximum atomic E-state index is 10.3. The molecule has 3 aromatic rings. The second-order valence-electron chi connectivity index (χ2n) is 6.34. The van der Waals surface area contributed by atoms with E-state index >= 15 is 0 Å². The van der Waals surface area contributed by atoms with Crippen molar-refractivity contribution in [1.82, 2.24) is 19.7 Å². The highest BCUT2D eigenvalue weighted by molar-refractivity contribution is 5.87. The molecule has 0 bridgehead atoms. The number of rotatable bonds is 5. The quantitative estimate of drug-likeness (QED) is 0.755. The van der Waals surface area contributed by atoms with Crippen LogP contribution >= 0.6 is 0 Å². The summed E-state index contributed by atoms with van der Waals surface area (Å²) in [6.45, 7) is 0.507. The molecule has 0 saturated heterocycles. The van der Waals surface area contributed by atoms with Gasteiger partial charge in [0.25, 0.3) is 0 Å². The number of fused-ring (bicyclic) bond motifs is 1. The average Bonchev–Trinajstić information content (AvgIpc) is 3.30. The van der Waals surface area contributed by atoms with Gasteiger partial charge in [-0.25, -0.2) is 14.6 Å². The minimum absolute atomic E-state index is 0.332. The maximum absolute atomic E-state index is 10.3. The Labute approximate surface area is 140 Å². The number of aliphatic hydroxyl groups is 1. The lowest BCUT2D eigenvalue weighted by molar-refractivity contribution is 0.123. The van der Waals surface area contributed by atoms with Crippen LogP contribution in [0, 0.1) is 5.92 Å². The number of nitrogens with one attached hydrogen (secondary N) is 1. The van der Waals surface area contributed by atoms with Crippen LogP contribution in [0.1, 0.15) is 25.7 Å². The van der Waals surface area contributed by atoms with E-state index in [4.69, 9.17) is 0 Å². The standard InChI is InChI=1S/C18H21N5O/c24-16(13-6-4-5-7-13)11-19-17-15-10-22-23(18(15)21-12-20-17)14-8-2-1-3-9-14/h1-3,8-10,12-13,16,24H,4-7,11H2,(H,19,20,21). The molecule has 1 fully saturated rings. The van der Waals surface area contributed by atoms with Crippen LogP contribution in [0.4, 0.5) is 5.82 Å². The van der Waals surface area contributed by atoms with Crippen LogP contribution in [-0.2, 0) is 0 Å². The zero-order valence-corrected chi connectivity index (χ0v) is 13.5. The number of para-hydroxylation sites is 1. The van der Waals surface area contributed by atoms with Gasteiger partial charge in [-0.05, 0) is 30.9 Å². The number of anilines is 1. The molecule has 2 aromatic heterocycles. The zero-order valence-electron chi connectivity index (χ0n) is 13.5. The van der Waals surface area contributed by atoms with Crippen molar-refractivity contribution in [2.45, 2.75) is 31.8 Å². The summed E-state index contributed by atoms with van der Waals surface area (Å²) in [4.78, 5) is 8.70. The van der Waals surface area contributed by atoms with Crippen LogP contribution in [0.25, 0.3) is 16.7 Å². The second-order valence-corrected chi connectivity index (χ2v) is 6.34. The molecule has 0 spiro atoms. The van der Waals surface area contributed by atoms with Crippen molar-refractivity contribution < 1.29 is 5.11 Å². The lowest BCUT2D eigenvalue weighted by Gasteiger charge is -2.18. The molecule has 0 radical (unpaired) electrons. The number of hydrogen-bond donors (Lipinski definition) is 2. The Hall–Kier alpha value is -2.47. The predicted molar refractivity (Wildman–Crippen MR) is 93.1 cm³/mol. The van der Waals surface area contributed by atoms with Crippen molar-refractivity contribution in [3.8, 4) is 5.69 Å². The number of hydrogen-bond acceptors (Lipinski definition) is 5. The van der Waals surface area contributed by atoms with Gasteiger partial charge in [-0.15, -0.1) is 0 Å². The van der Waals surface area contributed by atoms with Gasteiger partial charge in [-0.1, -0.05) is 31.0 Å². The molecule has 1 aromatic carbocycles. The Bertz CT molecular complexity index is 811. The number of aromatic nitrogens is 4. The summed E-state index contributed by atoms with van der Waals surface area (Å²) in [5, 5.41) is 18.9. The summed E-state index contributed by atoms with van der Waals surface area (Å²) < 4.78 is 1.80. The summed E-state index contributed by atoms with van der Waals surface area (Å²) in [5.74, 6) is 1.13. The van der Waals surface area contributed by atoms with Crippen LogP contribution < -0.4 is 5.32 Å². The van der Waals surface area contributed by atoms with Crippen LogP contribution in [0.2, 0.25) is 0 Å². The number of aliphatic hydroxyl groups excluding tert-OH is 1. The summed E-state index contributed by atoms with van der Waals surface area (Å²) in [6, 6.07) is 9.90. The van der Waals surface area contributed by atoms with Crippen molar-refractivity contribution >= 4 is 16.9 Å². The minimum atomic E-state index is -0.332. The van der Waals surface area contributed by atoms with E-state index in [0.717, 1.165) is 35.4 Å². The van der Waals surface area contributed by atoms with Gasteiger partial charge in [0, 0.05) is 6.54 Å². The van der Waals surface area contributed by atoms with Gasteiger partial charge < -0.3 is 10.4 Å². The Balaban J connectivity index is 1.57. The van der Waals surface area contributed by atoms with E-state index in [1.54, 1.807) is 10.9 Å². The third-order valence-corrected chi connectivity index (χ3v) is 4.79. The van der Waals surface area contributed by atoms with Crippen molar-refractivity contribution in [2.75, 3.05) is 11.9 Å². The minimum Gasteiger partial charge on any atom is -0.391 e. The first-order valence-corrected chi connectivity index (χ1v) is 8.49. The third kappa shape index (κ3) is 2.85. The van der Waals surface area contributed by atoms with Crippen LogP contribution in [0.5, 0.6) is 0 Å². The van der Waals surface area contributed by atoms with Crippen LogP contribution in [-0.4, -0.2) is 37.5 Å². The van der Waals surface area contributed by atoms with E-state index in [9.17, 15) is 5.11 Å². The summed E-state index contributed by atoms with van der Waals surface area (Å²) in [6.07, 6.45) is 7.66. The molecule has 6 heteroatoms. The van der Waals surface area contributed by atoms with Gasteiger partial charge >= 0.3 is 0 Å². The normalized spacial score (nSPS) is 16.5. The SMILES string of the molecule is OC(CNc1ncnc2c1cnn2-c1ccccc1)C1CCCC1.